The maximum Gasteiger partial charge on any atom is 0.315 e. The fourth-order valence-electron chi connectivity index (χ4n) is 1.00. The molecule has 0 aliphatic heterocycles. The van der Waals surface area contributed by atoms with Crippen LogP contribution in [0.5, 0.6) is 5.75 Å². The number of phenolic OH excluding ortho intramolecular Hbond substituents is 1. The second-order valence-electron chi connectivity index (χ2n) is 3.34. The molecule has 1 unspecified atom stereocenters. The molecule has 0 saturated heterocycles. The van der Waals surface area contributed by atoms with E-state index in [2.05, 4.69) is 5.32 Å². The van der Waals surface area contributed by atoms with E-state index < -0.39 is 17.8 Å². The number of carboxylic acids is 1. The number of rotatable bonds is 3. The standard InChI is InChI=1S/C10H9Cl2NO4/c1-4(10(16)17)9(15)13-5-2-6(11)8(14)7(12)3-5/h2-4,14H,1H3,(H,13,15)(H,16,17). The number of benzene rings is 1. The highest BCUT2D eigenvalue weighted by atomic mass is 35.5. The van der Waals surface area contributed by atoms with Gasteiger partial charge in [0.15, 0.2) is 5.75 Å². The lowest BCUT2D eigenvalue weighted by Crippen LogP contribution is -2.26. The van der Waals surface area contributed by atoms with Crippen molar-refractivity contribution in [2.75, 3.05) is 5.32 Å². The first-order valence-corrected chi connectivity index (χ1v) is 5.30. The Balaban J connectivity index is 2.90. The van der Waals surface area contributed by atoms with Crippen LogP contribution in [-0.4, -0.2) is 22.1 Å². The molecule has 1 rings (SSSR count). The molecule has 92 valence electrons. The predicted molar refractivity (Wildman–Crippen MR) is 63.6 cm³/mol. The van der Waals surface area contributed by atoms with Gasteiger partial charge in [-0.25, -0.2) is 0 Å². The van der Waals surface area contributed by atoms with Gasteiger partial charge in [-0.3, -0.25) is 9.59 Å². The second-order valence-corrected chi connectivity index (χ2v) is 4.15. The normalized spacial score (nSPS) is 11.9. The van der Waals surface area contributed by atoms with Gasteiger partial charge in [-0.15, -0.1) is 0 Å². The quantitative estimate of drug-likeness (QED) is 0.585. The molecule has 0 bridgehead atoms. The number of hydrogen-bond donors (Lipinski definition) is 3. The van der Waals surface area contributed by atoms with E-state index in [4.69, 9.17) is 28.3 Å². The van der Waals surface area contributed by atoms with Crippen molar-refractivity contribution in [2.24, 2.45) is 5.92 Å². The van der Waals surface area contributed by atoms with Gasteiger partial charge in [0.05, 0.1) is 10.0 Å². The van der Waals surface area contributed by atoms with Gasteiger partial charge >= 0.3 is 5.97 Å². The summed E-state index contributed by atoms with van der Waals surface area (Å²) in [6.45, 7) is 1.25. The summed E-state index contributed by atoms with van der Waals surface area (Å²) < 4.78 is 0. The fourth-order valence-corrected chi connectivity index (χ4v) is 1.49. The van der Waals surface area contributed by atoms with Crippen molar-refractivity contribution >= 4 is 40.8 Å². The summed E-state index contributed by atoms with van der Waals surface area (Å²) in [6.07, 6.45) is 0. The maximum atomic E-state index is 11.4. The lowest BCUT2D eigenvalue weighted by Gasteiger charge is -2.09. The third kappa shape index (κ3) is 3.25. The van der Waals surface area contributed by atoms with Gasteiger partial charge in [-0.05, 0) is 19.1 Å². The summed E-state index contributed by atoms with van der Waals surface area (Å²) in [5, 5.41) is 20.2. The van der Waals surface area contributed by atoms with Crippen molar-refractivity contribution in [3.05, 3.63) is 22.2 Å². The van der Waals surface area contributed by atoms with Crippen LogP contribution >= 0.6 is 23.2 Å². The van der Waals surface area contributed by atoms with Gasteiger partial charge in [-0.2, -0.15) is 0 Å². The number of nitrogens with one attached hydrogen (secondary N) is 1. The Morgan fingerprint density at radius 3 is 2.18 bits per heavy atom. The molecule has 1 atom stereocenters. The number of hydrogen-bond acceptors (Lipinski definition) is 3. The molecule has 0 heterocycles. The van der Waals surface area contributed by atoms with Crippen LogP contribution < -0.4 is 5.32 Å². The van der Waals surface area contributed by atoms with E-state index in [1.54, 1.807) is 0 Å². The third-order valence-electron chi connectivity index (χ3n) is 2.05. The molecule has 1 aromatic carbocycles. The molecule has 0 aromatic heterocycles. The van der Waals surface area contributed by atoms with Crippen LogP contribution in [-0.2, 0) is 9.59 Å². The van der Waals surface area contributed by atoms with Crippen LogP contribution in [0.3, 0.4) is 0 Å². The van der Waals surface area contributed by atoms with Crippen LogP contribution in [0.15, 0.2) is 12.1 Å². The Kier molecular flexibility index (Phi) is 4.20. The Hall–Kier alpha value is -1.46. The molecule has 17 heavy (non-hydrogen) atoms. The molecule has 0 spiro atoms. The topological polar surface area (TPSA) is 86.6 Å². The first-order valence-electron chi connectivity index (χ1n) is 4.54. The zero-order valence-electron chi connectivity index (χ0n) is 8.70. The fraction of sp³-hybridized carbons (Fsp3) is 0.200. The highest BCUT2D eigenvalue weighted by Crippen LogP contribution is 2.34. The Morgan fingerprint density at radius 1 is 1.29 bits per heavy atom. The molecule has 5 nitrogen and oxygen atoms in total. The van der Waals surface area contributed by atoms with Crippen molar-refractivity contribution in [1.82, 2.24) is 0 Å². The largest absolute Gasteiger partial charge is 0.505 e. The number of carboxylic acid groups (broad SMARTS) is 1. The van der Waals surface area contributed by atoms with Gasteiger partial charge in [0.2, 0.25) is 5.91 Å². The molecular weight excluding hydrogens is 269 g/mol. The maximum absolute atomic E-state index is 11.4. The van der Waals surface area contributed by atoms with Gasteiger partial charge < -0.3 is 15.5 Å². The molecule has 0 radical (unpaired) electrons. The zero-order chi connectivity index (χ0) is 13.2. The van der Waals surface area contributed by atoms with E-state index in [1.165, 1.54) is 19.1 Å². The zero-order valence-corrected chi connectivity index (χ0v) is 10.2. The lowest BCUT2D eigenvalue weighted by molar-refractivity contribution is -0.144. The summed E-state index contributed by atoms with van der Waals surface area (Å²) in [5.74, 6) is -3.42. The van der Waals surface area contributed by atoms with Gasteiger partial charge in [0, 0.05) is 5.69 Å². The molecule has 0 aliphatic rings. The summed E-state index contributed by atoms with van der Waals surface area (Å²) >= 11 is 11.3. The average molecular weight is 278 g/mol. The van der Waals surface area contributed by atoms with Crippen molar-refractivity contribution < 1.29 is 19.8 Å². The van der Waals surface area contributed by atoms with E-state index in [0.29, 0.717) is 0 Å². The number of amides is 1. The molecular formula is C10H9Cl2NO4. The minimum absolute atomic E-state index is 0.0317. The summed E-state index contributed by atoms with van der Waals surface area (Å²) in [4.78, 5) is 22.0. The Labute approximate surface area is 107 Å². The van der Waals surface area contributed by atoms with Gasteiger partial charge in [0.1, 0.15) is 5.92 Å². The SMILES string of the molecule is CC(C(=O)O)C(=O)Nc1cc(Cl)c(O)c(Cl)c1. The van der Waals surface area contributed by atoms with Crippen LogP contribution in [0.1, 0.15) is 6.92 Å². The highest BCUT2D eigenvalue weighted by Gasteiger charge is 2.21. The number of carbonyl (C=O) groups excluding carboxylic acids is 1. The van der Waals surface area contributed by atoms with E-state index in [-0.39, 0.29) is 21.5 Å². The summed E-state index contributed by atoms with van der Waals surface area (Å²) in [5.41, 5.74) is 0.218. The first kappa shape index (κ1) is 13.6. The van der Waals surface area contributed by atoms with Gasteiger partial charge in [0.25, 0.3) is 0 Å². The lowest BCUT2D eigenvalue weighted by atomic mass is 10.1. The third-order valence-corrected chi connectivity index (χ3v) is 2.62. The smallest absolute Gasteiger partial charge is 0.315 e. The Morgan fingerprint density at radius 2 is 1.76 bits per heavy atom. The summed E-state index contributed by atoms with van der Waals surface area (Å²) in [6, 6.07) is 2.55. The number of aromatic hydroxyl groups is 1. The second kappa shape index (κ2) is 5.25. The van der Waals surface area contributed by atoms with Gasteiger partial charge in [-0.1, -0.05) is 23.2 Å². The van der Waals surface area contributed by atoms with E-state index in [0.717, 1.165) is 0 Å². The monoisotopic (exact) mass is 277 g/mol. The van der Waals surface area contributed by atoms with E-state index >= 15 is 0 Å². The van der Waals surface area contributed by atoms with Crippen molar-refractivity contribution in [3.8, 4) is 5.75 Å². The van der Waals surface area contributed by atoms with Crippen LogP contribution in [0.4, 0.5) is 5.69 Å². The van der Waals surface area contributed by atoms with E-state index in [1.807, 2.05) is 0 Å². The summed E-state index contributed by atoms with van der Waals surface area (Å²) in [7, 11) is 0. The van der Waals surface area contributed by atoms with E-state index in [9.17, 15) is 14.7 Å². The first-order chi connectivity index (χ1) is 7.82. The molecule has 3 N–H and O–H groups in total. The molecule has 0 fully saturated rings. The molecule has 0 aliphatic carbocycles. The number of phenols is 1. The average Bonchev–Trinajstić information content (AvgIpc) is 2.24. The predicted octanol–water partition coefficient (Wildman–Crippen LogP) is 2.36. The number of halogens is 2. The number of anilines is 1. The molecule has 1 aromatic rings. The van der Waals surface area contributed by atoms with Crippen LogP contribution in [0, 0.1) is 5.92 Å². The minimum atomic E-state index is -1.24. The highest BCUT2D eigenvalue weighted by molar-refractivity contribution is 6.37. The van der Waals surface area contributed by atoms with Crippen LogP contribution in [0.25, 0.3) is 0 Å². The van der Waals surface area contributed by atoms with Crippen molar-refractivity contribution in [3.63, 3.8) is 0 Å². The van der Waals surface area contributed by atoms with Crippen LogP contribution in [0.2, 0.25) is 10.0 Å². The van der Waals surface area contributed by atoms with Crippen molar-refractivity contribution in [2.45, 2.75) is 6.92 Å². The number of aliphatic carboxylic acids is 1. The number of carbonyl (C=O) groups is 2. The molecule has 7 heteroatoms. The Bertz CT molecular complexity index is 452. The minimum Gasteiger partial charge on any atom is -0.505 e. The van der Waals surface area contributed by atoms with Crippen molar-refractivity contribution in [1.29, 1.82) is 0 Å². The molecule has 0 saturated carbocycles. The molecule has 1 amide bonds.